The van der Waals surface area contributed by atoms with Gasteiger partial charge >= 0.3 is 5.97 Å². The van der Waals surface area contributed by atoms with Crippen LogP contribution in [0.3, 0.4) is 0 Å². The number of methoxy groups -OCH3 is 1. The Morgan fingerprint density at radius 3 is 2.39 bits per heavy atom. The van der Waals surface area contributed by atoms with Crippen LogP contribution in [0.15, 0.2) is 82.2 Å². The summed E-state index contributed by atoms with van der Waals surface area (Å²) in [6.07, 6.45) is -1.03. The van der Waals surface area contributed by atoms with Crippen molar-refractivity contribution in [3.05, 3.63) is 88.4 Å². The van der Waals surface area contributed by atoms with Crippen molar-refractivity contribution in [1.82, 2.24) is 4.31 Å². The van der Waals surface area contributed by atoms with Crippen LogP contribution >= 0.6 is 15.9 Å². The Hall–Kier alpha value is -3.21. The van der Waals surface area contributed by atoms with Gasteiger partial charge in [0, 0.05) is 11.0 Å². The minimum atomic E-state index is -4.02. The van der Waals surface area contributed by atoms with Gasteiger partial charge in [0.15, 0.2) is 0 Å². The molecule has 0 spiro atoms. The Morgan fingerprint density at radius 2 is 1.72 bits per heavy atom. The Labute approximate surface area is 218 Å². The maximum atomic E-state index is 13.6. The molecule has 188 valence electrons. The maximum absolute atomic E-state index is 13.6. The van der Waals surface area contributed by atoms with E-state index in [0.29, 0.717) is 11.4 Å². The Balaban J connectivity index is 1.68. The quantitative estimate of drug-likeness (QED) is 0.398. The third kappa shape index (κ3) is 5.61. The van der Waals surface area contributed by atoms with Crippen molar-refractivity contribution in [2.45, 2.75) is 24.5 Å². The number of aryl methyl sites for hydroxylation is 1. The van der Waals surface area contributed by atoms with Crippen molar-refractivity contribution in [2.75, 3.05) is 25.1 Å². The van der Waals surface area contributed by atoms with E-state index in [2.05, 4.69) is 15.9 Å². The maximum Gasteiger partial charge on any atom is 0.348 e. The second kappa shape index (κ2) is 10.8. The summed E-state index contributed by atoms with van der Waals surface area (Å²) in [6.45, 7) is 1.32. The number of halogens is 1. The number of carbonyl (C=O) groups is 2. The van der Waals surface area contributed by atoms with Crippen molar-refractivity contribution in [3.8, 4) is 5.75 Å². The first-order valence-electron chi connectivity index (χ1n) is 11.1. The lowest BCUT2D eigenvalue weighted by atomic mass is 10.2. The van der Waals surface area contributed by atoms with E-state index in [-0.39, 0.29) is 18.0 Å². The zero-order valence-electron chi connectivity index (χ0n) is 19.8. The Morgan fingerprint density at radius 1 is 1.06 bits per heavy atom. The highest BCUT2D eigenvalue weighted by molar-refractivity contribution is 9.10. The monoisotopic (exact) mass is 572 g/mol. The fourth-order valence-electron chi connectivity index (χ4n) is 3.84. The van der Waals surface area contributed by atoms with Crippen molar-refractivity contribution in [3.63, 3.8) is 0 Å². The third-order valence-electron chi connectivity index (χ3n) is 5.78. The minimum absolute atomic E-state index is 0.0123. The molecule has 0 saturated heterocycles. The van der Waals surface area contributed by atoms with Gasteiger partial charge < -0.3 is 14.4 Å². The fraction of sp³-hybridized carbons (Fsp3) is 0.231. The van der Waals surface area contributed by atoms with Crippen molar-refractivity contribution in [2.24, 2.45) is 0 Å². The molecule has 0 radical (unpaired) electrons. The molecule has 8 nitrogen and oxygen atoms in total. The topological polar surface area (TPSA) is 93.2 Å². The number of fused-ring (bicyclic) bond motifs is 1. The number of ether oxygens (including phenoxy) is 2. The van der Waals surface area contributed by atoms with Gasteiger partial charge in [-0.3, -0.25) is 4.79 Å². The molecule has 3 aromatic carbocycles. The number of carbonyl (C=O) groups excluding carboxylic acids is 2. The molecule has 0 aromatic heterocycles. The third-order valence-corrected chi connectivity index (χ3v) is 8.12. The second-order valence-electron chi connectivity index (χ2n) is 8.31. The molecule has 0 aliphatic carbocycles. The minimum Gasteiger partial charge on any atom is -0.475 e. The van der Waals surface area contributed by atoms with Gasteiger partial charge in [0.2, 0.25) is 22.0 Å². The number of amides is 1. The first-order chi connectivity index (χ1) is 17.2. The Kier molecular flexibility index (Phi) is 7.77. The van der Waals surface area contributed by atoms with Gasteiger partial charge in [-0.05, 0) is 48.9 Å². The van der Waals surface area contributed by atoms with E-state index in [1.807, 2.05) is 19.1 Å². The molecular formula is C26H25BrN2O6S. The summed E-state index contributed by atoms with van der Waals surface area (Å²) in [5.41, 5.74) is 2.10. The van der Waals surface area contributed by atoms with Crippen LogP contribution in [-0.4, -0.2) is 50.9 Å². The first kappa shape index (κ1) is 25.9. The molecule has 0 saturated carbocycles. The number of hydrogen-bond acceptors (Lipinski definition) is 6. The van der Waals surface area contributed by atoms with Gasteiger partial charge in [0.25, 0.3) is 0 Å². The second-order valence-corrected chi connectivity index (χ2v) is 11.2. The number of benzene rings is 3. The zero-order valence-corrected chi connectivity index (χ0v) is 22.2. The van der Waals surface area contributed by atoms with Gasteiger partial charge in [-0.1, -0.05) is 57.9 Å². The normalized spacial score (nSPS) is 15.2. The SMILES string of the molecule is COC(=O)C1CN(C(=O)CN(Cc2ccc(Br)cc2)S(=O)(=O)c2ccc(C)cc2)c2ccccc2O1. The molecule has 1 unspecified atom stereocenters. The predicted octanol–water partition coefficient (Wildman–Crippen LogP) is 3.92. The van der Waals surface area contributed by atoms with Crippen LogP contribution in [0.25, 0.3) is 0 Å². The number of hydrogen-bond donors (Lipinski definition) is 0. The highest BCUT2D eigenvalue weighted by atomic mass is 79.9. The van der Waals surface area contributed by atoms with Gasteiger partial charge in [-0.25, -0.2) is 13.2 Å². The summed E-state index contributed by atoms with van der Waals surface area (Å²) in [5, 5.41) is 0. The van der Waals surface area contributed by atoms with E-state index in [1.165, 1.54) is 24.1 Å². The molecular weight excluding hydrogens is 548 g/mol. The number of rotatable bonds is 7. The van der Waals surface area contributed by atoms with Crippen LogP contribution in [-0.2, 0) is 30.9 Å². The number of nitrogens with zero attached hydrogens (tertiary/aromatic N) is 2. The highest BCUT2D eigenvalue weighted by Gasteiger charge is 2.36. The molecule has 36 heavy (non-hydrogen) atoms. The number of para-hydroxylation sites is 2. The molecule has 0 N–H and O–H groups in total. The zero-order chi connectivity index (χ0) is 25.9. The molecule has 1 atom stereocenters. The van der Waals surface area contributed by atoms with Crippen LogP contribution in [0.4, 0.5) is 5.69 Å². The average molecular weight is 573 g/mol. The number of esters is 1. The van der Waals surface area contributed by atoms with E-state index in [4.69, 9.17) is 9.47 Å². The predicted molar refractivity (Wildman–Crippen MR) is 138 cm³/mol. The summed E-state index contributed by atoms with van der Waals surface area (Å²) >= 11 is 3.38. The number of anilines is 1. The van der Waals surface area contributed by atoms with Gasteiger partial charge in [0.1, 0.15) is 5.75 Å². The molecule has 4 rings (SSSR count). The smallest absolute Gasteiger partial charge is 0.348 e. The van der Waals surface area contributed by atoms with E-state index < -0.39 is 34.5 Å². The molecule has 0 fully saturated rings. The van der Waals surface area contributed by atoms with E-state index in [1.54, 1.807) is 48.5 Å². The lowest BCUT2D eigenvalue weighted by molar-refractivity contribution is -0.148. The summed E-state index contributed by atoms with van der Waals surface area (Å²) < 4.78 is 39.8. The molecule has 1 heterocycles. The lowest BCUT2D eigenvalue weighted by Gasteiger charge is -2.34. The van der Waals surface area contributed by atoms with Crippen LogP contribution in [0, 0.1) is 6.92 Å². The van der Waals surface area contributed by atoms with E-state index in [9.17, 15) is 18.0 Å². The largest absolute Gasteiger partial charge is 0.475 e. The molecule has 3 aromatic rings. The van der Waals surface area contributed by atoms with E-state index >= 15 is 0 Å². The summed E-state index contributed by atoms with van der Waals surface area (Å²) in [5.74, 6) is -0.776. The molecule has 1 aliphatic heterocycles. The van der Waals surface area contributed by atoms with Crippen LogP contribution in [0.5, 0.6) is 5.75 Å². The van der Waals surface area contributed by atoms with Gasteiger partial charge in [-0.15, -0.1) is 0 Å². The van der Waals surface area contributed by atoms with Gasteiger partial charge in [-0.2, -0.15) is 4.31 Å². The summed E-state index contributed by atoms with van der Waals surface area (Å²) in [6, 6.07) is 20.5. The van der Waals surface area contributed by atoms with Crippen LogP contribution in [0.1, 0.15) is 11.1 Å². The fourth-order valence-corrected chi connectivity index (χ4v) is 5.48. The standard InChI is InChI=1S/C26H25BrN2O6S/c1-18-7-13-21(14-8-18)36(32,33)28(15-19-9-11-20(27)12-10-19)17-25(30)29-16-24(26(31)34-2)35-23-6-4-3-5-22(23)29/h3-14,24H,15-17H2,1-2H3. The van der Waals surface area contributed by atoms with E-state index in [0.717, 1.165) is 19.9 Å². The molecule has 1 amide bonds. The molecule has 10 heteroatoms. The summed E-state index contributed by atoms with van der Waals surface area (Å²) in [4.78, 5) is 27.3. The van der Waals surface area contributed by atoms with Crippen LogP contribution in [0.2, 0.25) is 0 Å². The first-order valence-corrected chi connectivity index (χ1v) is 13.4. The highest BCUT2D eigenvalue weighted by Crippen LogP contribution is 2.34. The van der Waals surface area contributed by atoms with Gasteiger partial charge in [0.05, 0.1) is 30.8 Å². The van der Waals surface area contributed by atoms with Crippen molar-refractivity contribution in [1.29, 1.82) is 0 Å². The molecule has 0 bridgehead atoms. The summed E-state index contributed by atoms with van der Waals surface area (Å²) in [7, 11) is -2.78. The van der Waals surface area contributed by atoms with Crippen molar-refractivity contribution < 1.29 is 27.5 Å². The molecule has 1 aliphatic rings. The van der Waals surface area contributed by atoms with Crippen molar-refractivity contribution >= 4 is 43.5 Å². The average Bonchev–Trinajstić information content (AvgIpc) is 2.88. The van der Waals surface area contributed by atoms with Crippen LogP contribution < -0.4 is 9.64 Å². The lowest BCUT2D eigenvalue weighted by Crippen LogP contribution is -2.50. The Bertz CT molecular complexity index is 1360. The number of sulfonamides is 1.